The minimum absolute atomic E-state index is 0.135. The number of benzene rings is 1. The van der Waals surface area contributed by atoms with Crippen LogP contribution in [-0.2, 0) is 16.0 Å². The lowest BCUT2D eigenvalue weighted by atomic mass is 9.59. The predicted molar refractivity (Wildman–Crippen MR) is 123 cm³/mol. The highest BCUT2D eigenvalue weighted by Gasteiger charge is 2.67. The fraction of sp³-hybridized carbons (Fsp3) is 0.692. The second-order valence-corrected chi connectivity index (χ2v) is 10.5. The van der Waals surface area contributed by atoms with Gasteiger partial charge in [-0.2, -0.15) is 0 Å². The zero-order valence-corrected chi connectivity index (χ0v) is 19.0. The summed E-state index contributed by atoms with van der Waals surface area (Å²) in [6, 6.07) is 11.0. The van der Waals surface area contributed by atoms with Gasteiger partial charge in [0.05, 0.1) is 6.10 Å². The highest BCUT2D eigenvalue weighted by atomic mass is 16.5. The molecule has 2 saturated heterocycles. The molecule has 3 fully saturated rings. The molecular weight excluding hydrogens is 386 g/mol. The monoisotopic (exact) mass is 423 g/mol. The van der Waals surface area contributed by atoms with Crippen LogP contribution in [0.5, 0.6) is 0 Å². The third-order valence-corrected chi connectivity index (χ3v) is 7.96. The minimum Gasteiger partial charge on any atom is -0.376 e. The summed E-state index contributed by atoms with van der Waals surface area (Å²) >= 11 is 0. The standard InChI is InChI=1S/C26H37N3O2/c1-18(2)16-29-17-21-13-20-14-28-26(21,25(30)27-15-22-10-6-7-11-31-22)24(29)23(20)12-19-8-4-3-5-9-19/h3-5,8-9,14,18,20-24H,6-7,10-13,15-17H2,1-2H3,(H,27,30)/t20-,21-,22?,23+,24-,26-/m0/s1. The molecule has 4 aliphatic heterocycles. The number of carbonyl (C=O) groups is 1. The van der Waals surface area contributed by atoms with E-state index in [0.29, 0.717) is 30.2 Å². The summed E-state index contributed by atoms with van der Waals surface area (Å²) in [5, 5.41) is 3.29. The van der Waals surface area contributed by atoms with Crippen LogP contribution >= 0.6 is 0 Å². The Kier molecular flexibility index (Phi) is 5.91. The maximum Gasteiger partial charge on any atom is 0.249 e. The number of ether oxygens (including phenoxy) is 1. The number of likely N-dealkylation sites (tertiary alicyclic amines) is 1. The number of rotatable bonds is 7. The molecule has 5 nitrogen and oxygen atoms in total. The van der Waals surface area contributed by atoms with Crippen LogP contribution in [0.3, 0.4) is 0 Å². The Balaban J connectivity index is 1.41. The third-order valence-electron chi connectivity index (χ3n) is 7.96. The second kappa shape index (κ2) is 8.67. The van der Waals surface area contributed by atoms with Crippen LogP contribution in [0.25, 0.3) is 0 Å². The van der Waals surface area contributed by atoms with E-state index in [1.165, 1.54) is 12.0 Å². The fourth-order valence-corrected chi connectivity index (χ4v) is 6.72. The SMILES string of the molecule is CC(C)CN1C[C@@H]2C[C@H]3C=N[C@]2(C(=O)NCC2CCCCO2)[C@@H]1[C@@H]3Cc1ccccc1. The highest BCUT2D eigenvalue weighted by molar-refractivity contribution is 5.92. The van der Waals surface area contributed by atoms with E-state index in [-0.39, 0.29) is 18.1 Å². The summed E-state index contributed by atoms with van der Waals surface area (Å²) in [5.41, 5.74) is 0.741. The molecule has 5 heteroatoms. The van der Waals surface area contributed by atoms with E-state index in [2.05, 4.69) is 60.6 Å². The number of carbonyl (C=O) groups excluding carboxylic acids is 1. The topological polar surface area (TPSA) is 53.9 Å². The first-order chi connectivity index (χ1) is 15.1. The number of nitrogens with zero attached hydrogens (tertiary/aromatic N) is 2. The van der Waals surface area contributed by atoms with E-state index in [9.17, 15) is 4.79 Å². The van der Waals surface area contributed by atoms with Gasteiger partial charge in [0.15, 0.2) is 5.54 Å². The number of aliphatic imine (C=N–C) groups is 1. The number of hydrogen-bond acceptors (Lipinski definition) is 4. The van der Waals surface area contributed by atoms with Crippen LogP contribution in [0.2, 0.25) is 0 Å². The maximum absolute atomic E-state index is 13.8. The van der Waals surface area contributed by atoms with Crippen molar-refractivity contribution in [3.05, 3.63) is 35.9 Å². The van der Waals surface area contributed by atoms with Crippen molar-refractivity contribution in [3.63, 3.8) is 0 Å². The van der Waals surface area contributed by atoms with Crippen LogP contribution in [0.1, 0.15) is 45.1 Å². The van der Waals surface area contributed by atoms with Crippen molar-refractivity contribution in [2.75, 3.05) is 26.2 Å². The van der Waals surface area contributed by atoms with E-state index in [1.807, 2.05) is 0 Å². The Hall–Kier alpha value is -1.72. The maximum atomic E-state index is 13.8. The Labute approximate surface area is 186 Å². The summed E-state index contributed by atoms with van der Waals surface area (Å²) in [6.45, 7) is 8.03. The van der Waals surface area contributed by atoms with Gasteiger partial charge in [-0.3, -0.25) is 14.7 Å². The third kappa shape index (κ3) is 3.84. The molecule has 1 saturated carbocycles. The Morgan fingerprint density at radius 2 is 2.13 bits per heavy atom. The van der Waals surface area contributed by atoms with Gasteiger partial charge >= 0.3 is 0 Å². The molecule has 0 spiro atoms. The number of nitrogens with one attached hydrogen (secondary N) is 1. The molecule has 6 atom stereocenters. The van der Waals surface area contributed by atoms with Crippen LogP contribution in [0.15, 0.2) is 35.3 Å². The average molecular weight is 424 g/mol. The summed E-state index contributed by atoms with van der Waals surface area (Å²) in [4.78, 5) is 21.5. The predicted octanol–water partition coefficient (Wildman–Crippen LogP) is 3.33. The molecule has 0 radical (unpaired) electrons. The van der Waals surface area contributed by atoms with Gasteiger partial charge in [-0.25, -0.2) is 0 Å². The molecule has 1 N–H and O–H groups in total. The van der Waals surface area contributed by atoms with Gasteiger partial charge in [0.2, 0.25) is 5.91 Å². The lowest BCUT2D eigenvalue weighted by Crippen LogP contribution is -2.66. The van der Waals surface area contributed by atoms with Gasteiger partial charge in [-0.15, -0.1) is 0 Å². The van der Waals surface area contributed by atoms with Gasteiger partial charge in [0, 0.05) is 44.4 Å². The first-order valence-electron chi connectivity index (χ1n) is 12.3. The Bertz CT molecular complexity index is 804. The smallest absolute Gasteiger partial charge is 0.249 e. The van der Waals surface area contributed by atoms with Crippen molar-refractivity contribution < 1.29 is 9.53 Å². The Morgan fingerprint density at radius 1 is 1.29 bits per heavy atom. The fourth-order valence-electron chi connectivity index (χ4n) is 6.72. The van der Waals surface area contributed by atoms with Gasteiger partial charge < -0.3 is 10.1 Å². The van der Waals surface area contributed by atoms with Crippen molar-refractivity contribution in [1.82, 2.24) is 10.2 Å². The quantitative estimate of drug-likeness (QED) is 0.732. The molecule has 0 aromatic heterocycles. The largest absolute Gasteiger partial charge is 0.376 e. The zero-order valence-electron chi connectivity index (χ0n) is 19.0. The summed E-state index contributed by atoms with van der Waals surface area (Å²) in [5.74, 6) is 1.95. The van der Waals surface area contributed by atoms with Crippen molar-refractivity contribution >= 4 is 12.1 Å². The molecule has 4 heterocycles. The van der Waals surface area contributed by atoms with Gasteiger partial charge in [-0.05, 0) is 55.4 Å². The molecule has 4 bridgehead atoms. The van der Waals surface area contributed by atoms with Crippen molar-refractivity contribution in [2.24, 2.45) is 28.7 Å². The molecule has 31 heavy (non-hydrogen) atoms. The first kappa shape index (κ1) is 21.1. The zero-order chi connectivity index (χ0) is 21.4. The van der Waals surface area contributed by atoms with Crippen LogP contribution < -0.4 is 5.32 Å². The van der Waals surface area contributed by atoms with Gasteiger partial charge in [0.1, 0.15) is 0 Å². The van der Waals surface area contributed by atoms with Crippen LogP contribution in [0, 0.1) is 23.7 Å². The average Bonchev–Trinajstić information content (AvgIpc) is 3.04. The summed E-state index contributed by atoms with van der Waals surface area (Å²) in [6.07, 6.45) is 7.76. The summed E-state index contributed by atoms with van der Waals surface area (Å²) in [7, 11) is 0. The van der Waals surface area contributed by atoms with E-state index in [0.717, 1.165) is 45.4 Å². The molecule has 1 unspecified atom stereocenters. The number of hydrogen-bond donors (Lipinski definition) is 1. The minimum atomic E-state index is -0.627. The highest BCUT2D eigenvalue weighted by Crippen LogP contribution is 2.54. The molecule has 1 aliphatic carbocycles. The van der Waals surface area contributed by atoms with E-state index in [1.54, 1.807) is 0 Å². The molecule has 6 rings (SSSR count). The number of amides is 1. The second-order valence-electron chi connectivity index (χ2n) is 10.5. The molecule has 1 amide bonds. The molecule has 1 aromatic rings. The van der Waals surface area contributed by atoms with Gasteiger partial charge in [-0.1, -0.05) is 44.2 Å². The van der Waals surface area contributed by atoms with Crippen molar-refractivity contribution in [1.29, 1.82) is 0 Å². The molecule has 168 valence electrons. The Morgan fingerprint density at radius 3 is 2.87 bits per heavy atom. The molecular formula is C26H37N3O2. The lowest BCUT2D eigenvalue weighted by Gasteiger charge is -2.51. The lowest BCUT2D eigenvalue weighted by molar-refractivity contribution is -0.132. The summed E-state index contributed by atoms with van der Waals surface area (Å²) < 4.78 is 5.87. The molecule has 1 aromatic carbocycles. The van der Waals surface area contributed by atoms with E-state index in [4.69, 9.17) is 9.73 Å². The van der Waals surface area contributed by atoms with E-state index < -0.39 is 5.54 Å². The van der Waals surface area contributed by atoms with Crippen molar-refractivity contribution in [3.8, 4) is 0 Å². The first-order valence-corrected chi connectivity index (χ1v) is 12.3. The molecule has 5 aliphatic rings. The van der Waals surface area contributed by atoms with Crippen molar-refractivity contribution in [2.45, 2.75) is 63.6 Å². The van der Waals surface area contributed by atoms with Crippen LogP contribution in [0.4, 0.5) is 0 Å². The van der Waals surface area contributed by atoms with Crippen LogP contribution in [-0.4, -0.2) is 60.9 Å². The normalized spacial score (nSPS) is 36.8. The van der Waals surface area contributed by atoms with Gasteiger partial charge in [0.25, 0.3) is 0 Å². The van der Waals surface area contributed by atoms with E-state index >= 15 is 0 Å².